The van der Waals surface area contributed by atoms with Crippen molar-refractivity contribution in [2.45, 2.75) is 55.0 Å². The van der Waals surface area contributed by atoms with E-state index in [1.54, 1.807) is 14.2 Å². The molecule has 2 aromatic rings. The second kappa shape index (κ2) is 7.91. The topological polar surface area (TPSA) is 74.4 Å². The van der Waals surface area contributed by atoms with Crippen LogP contribution in [0.15, 0.2) is 28.7 Å². The molecule has 10 heteroatoms. The van der Waals surface area contributed by atoms with Crippen molar-refractivity contribution in [3.63, 3.8) is 0 Å². The zero-order valence-corrected chi connectivity index (χ0v) is 23.0. The number of fused-ring (bicyclic) bond motifs is 1. The first-order chi connectivity index (χ1) is 18.5. The van der Waals surface area contributed by atoms with Crippen molar-refractivity contribution in [1.29, 1.82) is 0 Å². The van der Waals surface area contributed by atoms with Gasteiger partial charge in [-0.3, -0.25) is 4.90 Å². The van der Waals surface area contributed by atoms with E-state index < -0.39 is 5.60 Å². The number of piperidine rings is 1. The van der Waals surface area contributed by atoms with Crippen LogP contribution in [-0.2, 0) is 28.0 Å². The van der Waals surface area contributed by atoms with E-state index in [-0.39, 0.29) is 22.9 Å². The van der Waals surface area contributed by atoms with Gasteiger partial charge in [0.1, 0.15) is 11.7 Å². The van der Waals surface area contributed by atoms with Crippen LogP contribution in [0, 0.1) is 10.3 Å². The molecule has 2 saturated heterocycles. The predicted octanol–water partition coefficient (Wildman–Crippen LogP) is 2.89. The Hall–Kier alpha value is -2.24. The number of likely N-dealkylation sites (N-methyl/N-ethyl adjacent to an activating group) is 1. The van der Waals surface area contributed by atoms with Crippen LogP contribution in [0.1, 0.15) is 35.8 Å². The minimum Gasteiger partial charge on any atom is -0.493 e. The SMILES string of the molecule is COc1ccc2c3c1O[C@H]1[C@@]4(OC)C=C[C@@]5(C[C@@H]4c4nn(CN6CCOCC6)c(=S)o4)[C@@H](C2)N(C)CC[C@]315. The number of ether oxygens (including phenoxy) is 4. The molecule has 9 nitrogen and oxygen atoms in total. The van der Waals surface area contributed by atoms with E-state index >= 15 is 0 Å². The lowest BCUT2D eigenvalue weighted by Gasteiger charge is -2.70. The molecule has 0 amide bonds. The highest BCUT2D eigenvalue weighted by molar-refractivity contribution is 7.71. The van der Waals surface area contributed by atoms with Gasteiger partial charge >= 0.3 is 0 Å². The van der Waals surface area contributed by atoms with Crippen molar-refractivity contribution < 1.29 is 23.4 Å². The molecule has 1 saturated carbocycles. The molecule has 202 valence electrons. The van der Waals surface area contributed by atoms with Crippen molar-refractivity contribution in [3.8, 4) is 11.5 Å². The fourth-order valence-electron chi connectivity index (χ4n) is 8.97. The number of methoxy groups -OCH3 is 2. The largest absolute Gasteiger partial charge is 0.493 e. The Kier molecular flexibility index (Phi) is 4.92. The van der Waals surface area contributed by atoms with Gasteiger partial charge in [-0.05, 0) is 56.7 Å². The van der Waals surface area contributed by atoms with E-state index in [2.05, 4.69) is 41.1 Å². The Bertz CT molecular complexity index is 1400. The quantitative estimate of drug-likeness (QED) is 0.422. The molecule has 3 aliphatic heterocycles. The average Bonchev–Trinajstić information content (AvgIpc) is 3.49. The summed E-state index contributed by atoms with van der Waals surface area (Å²) >= 11 is 5.68. The molecule has 1 aromatic heterocycles. The third-order valence-corrected chi connectivity index (χ3v) is 10.9. The normalized spacial score (nSPS) is 38.8. The molecule has 6 atom stereocenters. The third kappa shape index (κ3) is 2.66. The molecule has 9 rings (SSSR count). The van der Waals surface area contributed by atoms with Crippen molar-refractivity contribution in [2.24, 2.45) is 5.41 Å². The summed E-state index contributed by atoms with van der Waals surface area (Å²) in [5.41, 5.74) is 1.67. The maximum absolute atomic E-state index is 7.02. The van der Waals surface area contributed by atoms with Gasteiger partial charge in [0.05, 0.1) is 38.3 Å². The highest BCUT2D eigenvalue weighted by Gasteiger charge is 2.79. The highest BCUT2D eigenvalue weighted by Crippen LogP contribution is 2.75. The summed E-state index contributed by atoms with van der Waals surface area (Å²) in [7, 11) is 5.79. The molecule has 4 heterocycles. The van der Waals surface area contributed by atoms with Crippen LogP contribution in [0.2, 0.25) is 0 Å². The number of likely N-dealkylation sites (tertiary alicyclic amines) is 1. The molecule has 4 bridgehead atoms. The lowest BCUT2D eigenvalue weighted by molar-refractivity contribution is -0.200. The highest BCUT2D eigenvalue weighted by atomic mass is 32.1. The van der Waals surface area contributed by atoms with Gasteiger partial charge in [0, 0.05) is 37.2 Å². The molecule has 0 radical (unpaired) electrons. The Morgan fingerprint density at radius 2 is 2.00 bits per heavy atom. The number of hydrogen-bond acceptors (Lipinski definition) is 9. The summed E-state index contributed by atoms with van der Waals surface area (Å²) in [6.45, 7) is 4.79. The standard InChI is InChI=1S/C28H34N4O5S/c1-30-9-8-27-21-17-4-5-19(33-2)22(21)36-24(27)28(34-3)7-6-26(27,20(30)14-17)15-18(28)23-29-32(25(38)37-23)16-31-10-12-35-13-11-31/h4-7,18,20,24H,8-16H2,1-3H3/t18-,20-,24-,26-,27+,28-/m1/s1. The average molecular weight is 539 g/mol. The lowest BCUT2D eigenvalue weighted by atomic mass is 9.37. The molecule has 7 aliphatic rings. The van der Waals surface area contributed by atoms with E-state index in [1.807, 2.05) is 4.68 Å². The smallest absolute Gasteiger partial charge is 0.288 e. The Balaban J connectivity index is 1.28. The van der Waals surface area contributed by atoms with Crippen LogP contribution < -0.4 is 9.47 Å². The molecule has 0 unspecified atom stereocenters. The van der Waals surface area contributed by atoms with Gasteiger partial charge in [-0.2, -0.15) is 0 Å². The number of morpholine rings is 1. The zero-order valence-electron chi connectivity index (χ0n) is 22.1. The molecular formula is C28H34N4O5S. The predicted molar refractivity (Wildman–Crippen MR) is 140 cm³/mol. The van der Waals surface area contributed by atoms with Gasteiger partial charge in [-0.25, -0.2) is 4.68 Å². The third-order valence-electron chi connectivity index (χ3n) is 10.6. The first-order valence-electron chi connectivity index (χ1n) is 13.7. The molecule has 2 spiro atoms. The van der Waals surface area contributed by atoms with Gasteiger partial charge in [-0.15, -0.1) is 5.10 Å². The van der Waals surface area contributed by atoms with Crippen LogP contribution in [0.3, 0.4) is 0 Å². The fourth-order valence-corrected chi connectivity index (χ4v) is 9.15. The van der Waals surface area contributed by atoms with Crippen LogP contribution in [0.4, 0.5) is 0 Å². The van der Waals surface area contributed by atoms with Gasteiger partial charge in [0.25, 0.3) is 4.84 Å². The second-order valence-electron chi connectivity index (χ2n) is 11.8. The van der Waals surface area contributed by atoms with Crippen molar-refractivity contribution >= 4 is 12.2 Å². The van der Waals surface area contributed by atoms with Crippen molar-refractivity contribution in [2.75, 3.05) is 54.1 Å². The Labute approximate surface area is 227 Å². The summed E-state index contributed by atoms with van der Waals surface area (Å²) in [5, 5.41) is 4.98. The van der Waals surface area contributed by atoms with Crippen molar-refractivity contribution in [1.82, 2.24) is 19.6 Å². The minimum atomic E-state index is -0.732. The summed E-state index contributed by atoms with van der Waals surface area (Å²) < 4.78 is 33.0. The van der Waals surface area contributed by atoms with Gasteiger partial charge in [-0.1, -0.05) is 18.2 Å². The lowest BCUT2D eigenvalue weighted by Crippen LogP contribution is -2.78. The molecule has 3 fully saturated rings. The van der Waals surface area contributed by atoms with Gasteiger partial charge < -0.3 is 28.3 Å². The summed E-state index contributed by atoms with van der Waals surface area (Å²) in [6, 6.07) is 4.66. The second-order valence-corrected chi connectivity index (χ2v) is 12.2. The van der Waals surface area contributed by atoms with Gasteiger partial charge in [0.15, 0.2) is 11.5 Å². The minimum absolute atomic E-state index is 0.126. The van der Waals surface area contributed by atoms with Crippen molar-refractivity contribution in [3.05, 3.63) is 46.1 Å². The monoisotopic (exact) mass is 538 g/mol. The first-order valence-corrected chi connectivity index (χ1v) is 14.1. The fraction of sp³-hybridized carbons (Fsp3) is 0.643. The maximum atomic E-state index is 7.02. The number of nitrogens with zero attached hydrogens (tertiary/aromatic N) is 4. The van der Waals surface area contributed by atoms with Crippen LogP contribution in [0.25, 0.3) is 0 Å². The number of aromatic nitrogens is 2. The van der Waals surface area contributed by atoms with Crippen LogP contribution in [0.5, 0.6) is 11.5 Å². The molecule has 38 heavy (non-hydrogen) atoms. The van der Waals surface area contributed by atoms with E-state index in [1.165, 1.54) is 11.1 Å². The summed E-state index contributed by atoms with van der Waals surface area (Å²) in [5.74, 6) is 2.21. The molecule has 0 N–H and O–H groups in total. The van der Waals surface area contributed by atoms with E-state index in [4.69, 9.17) is 40.7 Å². The van der Waals surface area contributed by atoms with E-state index in [9.17, 15) is 0 Å². The molecule has 4 aliphatic carbocycles. The number of benzene rings is 1. The maximum Gasteiger partial charge on any atom is 0.288 e. The molecule has 1 aromatic carbocycles. The van der Waals surface area contributed by atoms with Gasteiger partial charge in [0.2, 0.25) is 5.89 Å². The molecular weight excluding hydrogens is 504 g/mol. The van der Waals surface area contributed by atoms with E-state index in [0.29, 0.717) is 23.4 Å². The number of hydrogen-bond donors (Lipinski definition) is 0. The Morgan fingerprint density at radius 1 is 1.16 bits per heavy atom. The van der Waals surface area contributed by atoms with Crippen LogP contribution >= 0.6 is 12.2 Å². The summed E-state index contributed by atoms with van der Waals surface area (Å²) in [6.07, 6.45) is 7.37. The number of rotatable bonds is 5. The van der Waals surface area contributed by atoms with Crippen LogP contribution in [-0.4, -0.2) is 91.4 Å². The Morgan fingerprint density at radius 3 is 2.79 bits per heavy atom. The first kappa shape index (κ1) is 23.6. The zero-order chi connectivity index (χ0) is 25.9. The summed E-state index contributed by atoms with van der Waals surface area (Å²) in [4.78, 5) is 5.24. The van der Waals surface area contributed by atoms with E-state index in [0.717, 1.165) is 63.6 Å².